The van der Waals surface area contributed by atoms with Crippen LogP contribution in [0.3, 0.4) is 0 Å². The van der Waals surface area contributed by atoms with Crippen LogP contribution in [0, 0.1) is 17.0 Å². The quantitative estimate of drug-likeness (QED) is 0.186. The van der Waals surface area contributed by atoms with Crippen molar-refractivity contribution < 1.29 is 32.4 Å². The van der Waals surface area contributed by atoms with Crippen LogP contribution in [-0.2, 0) is 37.3 Å². The Morgan fingerprint density at radius 1 is 1.03 bits per heavy atom. The van der Waals surface area contributed by atoms with Crippen molar-refractivity contribution in [3.05, 3.63) is 106 Å². The number of non-ortho nitro benzene ring substituents is 1. The molecule has 202 valence electrons. The minimum absolute atomic E-state index is 0.0183. The summed E-state index contributed by atoms with van der Waals surface area (Å²) in [4.78, 5) is 36.3. The van der Waals surface area contributed by atoms with E-state index in [1.165, 1.54) is 36.5 Å². The summed E-state index contributed by atoms with van der Waals surface area (Å²) in [6, 6.07) is 17.8. The van der Waals surface area contributed by atoms with Gasteiger partial charge in [-0.2, -0.15) is 0 Å². The monoisotopic (exact) mass is 551 g/mol. The molecule has 11 nitrogen and oxygen atoms in total. The van der Waals surface area contributed by atoms with E-state index in [9.17, 15) is 28.1 Å². The van der Waals surface area contributed by atoms with E-state index < -0.39 is 33.1 Å². The molecule has 12 heteroatoms. The highest BCUT2D eigenvalue weighted by atomic mass is 32.2. The molecule has 0 aliphatic carbocycles. The Kier molecular flexibility index (Phi) is 7.96. The lowest BCUT2D eigenvalue weighted by Crippen LogP contribution is -2.43. The van der Waals surface area contributed by atoms with Crippen molar-refractivity contribution in [3.63, 3.8) is 0 Å². The van der Waals surface area contributed by atoms with Crippen molar-refractivity contribution in [2.45, 2.75) is 30.9 Å². The molecule has 3 aromatic carbocycles. The SMILES string of the molecule is COC(=O)[C@H](Cc1cn(S(=O)(=O)c2ccc(C)cc2)c2cccc([N+](=O)[O-])c12)NC(=O)OCc1ccccc1. The fraction of sp³-hybridized carbons (Fsp3) is 0.185. The lowest BCUT2D eigenvalue weighted by molar-refractivity contribution is -0.383. The second-order valence-electron chi connectivity index (χ2n) is 8.68. The molecule has 0 aliphatic rings. The van der Waals surface area contributed by atoms with E-state index in [1.54, 1.807) is 36.4 Å². The van der Waals surface area contributed by atoms with E-state index in [4.69, 9.17) is 9.47 Å². The summed E-state index contributed by atoms with van der Waals surface area (Å²) in [6.45, 7) is 1.76. The molecule has 0 bridgehead atoms. The van der Waals surface area contributed by atoms with Gasteiger partial charge in [-0.05, 0) is 36.2 Å². The number of aryl methyl sites for hydroxylation is 1. The summed E-state index contributed by atoms with van der Waals surface area (Å²) in [5.41, 5.74) is 1.42. The molecule has 0 saturated heterocycles. The average molecular weight is 552 g/mol. The Hall–Kier alpha value is -4.71. The second-order valence-corrected chi connectivity index (χ2v) is 10.5. The smallest absolute Gasteiger partial charge is 0.408 e. The van der Waals surface area contributed by atoms with Crippen LogP contribution in [-0.4, -0.2) is 42.5 Å². The third kappa shape index (κ3) is 5.91. The van der Waals surface area contributed by atoms with E-state index in [-0.39, 0.29) is 40.1 Å². The molecule has 4 rings (SSSR count). The maximum Gasteiger partial charge on any atom is 0.408 e. The van der Waals surface area contributed by atoms with E-state index in [0.29, 0.717) is 0 Å². The maximum atomic E-state index is 13.5. The number of carbonyl (C=O) groups is 2. The molecular weight excluding hydrogens is 526 g/mol. The van der Waals surface area contributed by atoms with Gasteiger partial charge in [0.2, 0.25) is 0 Å². The number of nitrogens with one attached hydrogen (secondary N) is 1. The highest BCUT2D eigenvalue weighted by Crippen LogP contribution is 2.33. The zero-order chi connectivity index (χ0) is 28.2. The predicted molar refractivity (Wildman–Crippen MR) is 142 cm³/mol. The van der Waals surface area contributed by atoms with Gasteiger partial charge in [0, 0.05) is 18.7 Å². The Labute approximate surface area is 224 Å². The molecule has 1 heterocycles. The van der Waals surface area contributed by atoms with Crippen LogP contribution in [0.25, 0.3) is 10.9 Å². The Bertz CT molecular complexity index is 1630. The van der Waals surface area contributed by atoms with Gasteiger partial charge in [0.05, 0.1) is 27.8 Å². The third-order valence-corrected chi connectivity index (χ3v) is 7.73. The van der Waals surface area contributed by atoms with Gasteiger partial charge in [0.1, 0.15) is 12.6 Å². The van der Waals surface area contributed by atoms with Crippen molar-refractivity contribution in [1.82, 2.24) is 9.29 Å². The van der Waals surface area contributed by atoms with Crippen LogP contribution < -0.4 is 5.32 Å². The molecule has 0 radical (unpaired) electrons. The van der Waals surface area contributed by atoms with Gasteiger partial charge < -0.3 is 14.8 Å². The normalized spacial score (nSPS) is 12.1. The van der Waals surface area contributed by atoms with Crippen LogP contribution in [0.15, 0.2) is 83.9 Å². The molecule has 1 aromatic heterocycles. The van der Waals surface area contributed by atoms with Gasteiger partial charge in [0.15, 0.2) is 0 Å². The van der Waals surface area contributed by atoms with Crippen molar-refractivity contribution in [2.24, 2.45) is 0 Å². The minimum atomic E-state index is -4.16. The first-order chi connectivity index (χ1) is 18.6. The number of rotatable bonds is 9. The Balaban J connectivity index is 1.72. The fourth-order valence-electron chi connectivity index (χ4n) is 4.11. The predicted octanol–water partition coefficient (Wildman–Crippen LogP) is 4.11. The number of amides is 1. The number of nitro benzene ring substituents is 1. The van der Waals surface area contributed by atoms with Gasteiger partial charge in [-0.3, -0.25) is 10.1 Å². The zero-order valence-corrected chi connectivity index (χ0v) is 21.9. The molecule has 0 saturated carbocycles. The van der Waals surface area contributed by atoms with Crippen molar-refractivity contribution in [2.75, 3.05) is 7.11 Å². The third-order valence-electron chi connectivity index (χ3n) is 6.04. The molecule has 0 aliphatic heterocycles. The largest absolute Gasteiger partial charge is 0.467 e. The number of fused-ring (bicyclic) bond motifs is 1. The highest BCUT2D eigenvalue weighted by molar-refractivity contribution is 7.90. The number of nitro groups is 1. The standard InChI is InChI=1S/C27H25N3O8S/c1-18-11-13-21(14-12-18)39(35,36)29-16-20(25-23(29)9-6-10-24(25)30(33)34)15-22(26(31)37-2)28-27(32)38-17-19-7-4-3-5-8-19/h3-14,16,22H,15,17H2,1-2H3,(H,28,32)/t22-/m0/s1. The summed E-state index contributed by atoms with van der Waals surface area (Å²) in [5, 5.41) is 14.3. The van der Waals surface area contributed by atoms with Gasteiger partial charge in [-0.25, -0.2) is 22.0 Å². The maximum absolute atomic E-state index is 13.5. The van der Waals surface area contributed by atoms with E-state index in [1.807, 2.05) is 13.0 Å². The number of ether oxygens (including phenoxy) is 2. The number of hydrogen-bond donors (Lipinski definition) is 1. The van der Waals surface area contributed by atoms with Crippen LogP contribution in [0.4, 0.5) is 10.5 Å². The summed E-state index contributed by atoms with van der Waals surface area (Å²) >= 11 is 0. The molecule has 0 spiro atoms. The number of aromatic nitrogens is 1. The molecule has 1 amide bonds. The van der Waals surface area contributed by atoms with E-state index in [0.717, 1.165) is 22.2 Å². The van der Waals surface area contributed by atoms with E-state index >= 15 is 0 Å². The van der Waals surface area contributed by atoms with Crippen molar-refractivity contribution >= 4 is 38.7 Å². The minimum Gasteiger partial charge on any atom is -0.467 e. The molecule has 1 N–H and O–H groups in total. The van der Waals surface area contributed by atoms with E-state index in [2.05, 4.69) is 5.32 Å². The molecule has 0 fully saturated rings. The van der Waals surface area contributed by atoms with Crippen LogP contribution in [0.1, 0.15) is 16.7 Å². The summed E-state index contributed by atoms with van der Waals surface area (Å²) in [6.07, 6.45) is 0.00441. The van der Waals surface area contributed by atoms with Crippen LogP contribution in [0.2, 0.25) is 0 Å². The number of carbonyl (C=O) groups excluding carboxylic acids is 2. The molecular formula is C27H25N3O8S. The second kappa shape index (κ2) is 11.4. The Morgan fingerprint density at radius 2 is 1.72 bits per heavy atom. The summed E-state index contributed by atoms with van der Waals surface area (Å²) < 4.78 is 38.0. The van der Waals surface area contributed by atoms with Gasteiger partial charge in [0.25, 0.3) is 15.7 Å². The number of benzene rings is 3. The molecule has 0 unspecified atom stereocenters. The number of nitrogens with zero attached hydrogens (tertiary/aromatic N) is 2. The molecule has 39 heavy (non-hydrogen) atoms. The Morgan fingerprint density at radius 3 is 2.36 bits per heavy atom. The lowest BCUT2D eigenvalue weighted by atomic mass is 10.0. The van der Waals surface area contributed by atoms with Gasteiger partial charge in [-0.1, -0.05) is 54.1 Å². The topological polar surface area (TPSA) is 147 Å². The first-order valence-corrected chi connectivity index (χ1v) is 13.2. The van der Waals surface area contributed by atoms with Gasteiger partial charge >= 0.3 is 12.1 Å². The summed E-state index contributed by atoms with van der Waals surface area (Å²) in [5.74, 6) is -0.840. The van der Waals surface area contributed by atoms with Crippen molar-refractivity contribution in [1.29, 1.82) is 0 Å². The van der Waals surface area contributed by atoms with Gasteiger partial charge in [-0.15, -0.1) is 0 Å². The number of methoxy groups -OCH3 is 1. The van der Waals surface area contributed by atoms with Crippen molar-refractivity contribution in [3.8, 4) is 0 Å². The lowest BCUT2D eigenvalue weighted by Gasteiger charge is -2.16. The highest BCUT2D eigenvalue weighted by Gasteiger charge is 2.30. The number of alkyl carbamates (subject to hydrolysis) is 1. The molecule has 1 atom stereocenters. The fourth-order valence-corrected chi connectivity index (χ4v) is 5.49. The first kappa shape index (κ1) is 27.3. The number of hydrogen-bond acceptors (Lipinski definition) is 8. The van der Waals surface area contributed by atoms with Crippen LogP contribution in [0.5, 0.6) is 0 Å². The first-order valence-electron chi connectivity index (χ1n) is 11.8. The molecule has 4 aromatic rings. The number of esters is 1. The van der Waals surface area contributed by atoms with Crippen LogP contribution >= 0.6 is 0 Å². The average Bonchev–Trinajstić information content (AvgIpc) is 3.31. The summed E-state index contributed by atoms with van der Waals surface area (Å²) in [7, 11) is -3.04. The zero-order valence-electron chi connectivity index (χ0n) is 21.1.